The van der Waals surface area contributed by atoms with Crippen LogP contribution in [0.2, 0.25) is 0 Å². The Labute approximate surface area is 97.7 Å². The van der Waals surface area contributed by atoms with Gasteiger partial charge in [0, 0.05) is 18.8 Å². The van der Waals surface area contributed by atoms with Gasteiger partial charge in [-0.2, -0.15) is 0 Å². The van der Waals surface area contributed by atoms with Crippen LogP contribution in [0.1, 0.15) is 26.7 Å². The zero-order chi connectivity index (χ0) is 10.9. The minimum Gasteiger partial charge on any atom is -0.365 e. The molecule has 1 rings (SSSR count). The molecule has 0 atom stereocenters. The van der Waals surface area contributed by atoms with Crippen molar-refractivity contribution in [3.63, 3.8) is 0 Å². The lowest BCUT2D eigenvalue weighted by atomic mass is 10.3. The molecule has 0 spiro atoms. The number of nitrogens with one attached hydrogen (secondary N) is 1. The molecule has 4 heteroatoms. The molecule has 1 aliphatic heterocycles. The third kappa shape index (κ3) is 5.42. The molecule has 1 heterocycles. The van der Waals surface area contributed by atoms with Gasteiger partial charge >= 0.3 is 0 Å². The van der Waals surface area contributed by atoms with Crippen molar-refractivity contribution in [3.05, 3.63) is 0 Å². The van der Waals surface area contributed by atoms with Crippen molar-refractivity contribution in [2.45, 2.75) is 26.7 Å². The van der Waals surface area contributed by atoms with Crippen LogP contribution in [0, 0.1) is 0 Å². The normalized spacial score (nSPS) is 16.6. The Bertz CT molecular complexity index is 190. The highest BCUT2D eigenvalue weighted by Gasteiger charge is 2.04. The van der Waals surface area contributed by atoms with Gasteiger partial charge in [-0.15, -0.1) is 0 Å². The van der Waals surface area contributed by atoms with Crippen molar-refractivity contribution in [2.24, 2.45) is 4.99 Å². The molecule has 0 bridgehead atoms. The van der Waals surface area contributed by atoms with E-state index in [0.717, 1.165) is 31.3 Å². The summed E-state index contributed by atoms with van der Waals surface area (Å²) in [5.41, 5.74) is 0. The van der Waals surface area contributed by atoms with Crippen molar-refractivity contribution in [3.8, 4) is 0 Å². The van der Waals surface area contributed by atoms with Gasteiger partial charge in [-0.05, 0) is 32.5 Å². The summed E-state index contributed by atoms with van der Waals surface area (Å²) in [6.07, 6.45) is 2.44. The minimum atomic E-state index is 1.01. The molecule has 0 saturated carbocycles. The zero-order valence-electron chi connectivity index (χ0n) is 9.96. The van der Waals surface area contributed by atoms with Crippen LogP contribution in [0.25, 0.3) is 0 Å². The van der Waals surface area contributed by atoms with Crippen LogP contribution in [0.3, 0.4) is 0 Å². The van der Waals surface area contributed by atoms with Crippen LogP contribution in [0.15, 0.2) is 4.99 Å². The summed E-state index contributed by atoms with van der Waals surface area (Å²) in [4.78, 5) is 6.90. The first-order valence-corrected chi connectivity index (χ1v) is 6.98. The molecule has 0 unspecified atom stereocenters. The highest BCUT2D eigenvalue weighted by atomic mass is 32.2. The number of hydrogen-bond acceptors (Lipinski definition) is 4. The largest absolute Gasteiger partial charge is 0.365 e. The summed E-state index contributed by atoms with van der Waals surface area (Å²) >= 11 is 1.86. The molecule has 1 aliphatic rings. The van der Waals surface area contributed by atoms with Crippen LogP contribution in [-0.2, 0) is 0 Å². The van der Waals surface area contributed by atoms with Crippen LogP contribution in [0.5, 0.6) is 0 Å². The second-order valence-corrected chi connectivity index (χ2v) is 4.78. The Morgan fingerprint density at radius 2 is 2.20 bits per heavy atom. The average molecular weight is 229 g/mol. The number of thioether (sulfide) groups is 1. The third-order valence-electron chi connectivity index (χ3n) is 2.62. The topological polar surface area (TPSA) is 27.6 Å². The Balaban J connectivity index is 2.03. The third-order valence-corrected chi connectivity index (χ3v) is 3.66. The predicted molar refractivity (Wildman–Crippen MR) is 69.8 cm³/mol. The molecule has 0 aromatic rings. The molecule has 0 fully saturated rings. The lowest BCUT2D eigenvalue weighted by Crippen LogP contribution is -2.29. The maximum Gasteiger partial charge on any atom is 0.156 e. The lowest BCUT2D eigenvalue weighted by Gasteiger charge is -2.18. The van der Waals surface area contributed by atoms with Crippen LogP contribution >= 0.6 is 11.8 Å². The van der Waals surface area contributed by atoms with Crippen molar-refractivity contribution < 1.29 is 0 Å². The molecule has 0 saturated heterocycles. The van der Waals surface area contributed by atoms with Gasteiger partial charge in [-0.25, -0.2) is 0 Å². The average Bonchev–Trinajstić information content (AvgIpc) is 2.31. The van der Waals surface area contributed by atoms with Gasteiger partial charge in [-0.3, -0.25) is 4.99 Å². The number of aliphatic imine (C=N–C) groups is 1. The standard InChI is InChI=1S/C11H23N3S/c1-3-14(4-2)9-5-7-12-11-13-8-6-10-15-11/h3-10H2,1-2H3,(H,12,13). The Hall–Kier alpha value is -0.220. The molecule has 0 amide bonds. The molecule has 15 heavy (non-hydrogen) atoms. The number of rotatable bonds is 6. The van der Waals surface area contributed by atoms with Crippen molar-refractivity contribution >= 4 is 16.9 Å². The first-order valence-electron chi connectivity index (χ1n) is 6.00. The van der Waals surface area contributed by atoms with E-state index in [1.54, 1.807) is 0 Å². The highest BCUT2D eigenvalue weighted by molar-refractivity contribution is 8.13. The fourth-order valence-corrected chi connectivity index (χ4v) is 2.46. The number of amidine groups is 1. The van der Waals surface area contributed by atoms with Gasteiger partial charge in [0.1, 0.15) is 0 Å². The summed E-state index contributed by atoms with van der Waals surface area (Å²) in [5.74, 6) is 1.22. The fraction of sp³-hybridized carbons (Fsp3) is 0.909. The first-order chi connectivity index (χ1) is 7.36. The van der Waals surface area contributed by atoms with Crippen LogP contribution < -0.4 is 5.32 Å². The molecule has 0 radical (unpaired) electrons. The summed E-state index contributed by atoms with van der Waals surface area (Å²) in [6, 6.07) is 0. The maximum absolute atomic E-state index is 4.44. The van der Waals surface area contributed by atoms with Crippen LogP contribution in [-0.4, -0.2) is 48.5 Å². The van der Waals surface area contributed by atoms with E-state index >= 15 is 0 Å². The van der Waals surface area contributed by atoms with Crippen molar-refractivity contribution in [1.29, 1.82) is 0 Å². The van der Waals surface area contributed by atoms with Gasteiger partial charge < -0.3 is 10.2 Å². The van der Waals surface area contributed by atoms with Crippen LogP contribution in [0.4, 0.5) is 0 Å². The quantitative estimate of drug-likeness (QED) is 0.704. The SMILES string of the molecule is CCN(CC)CCCNC1=NCCCS1. The van der Waals surface area contributed by atoms with E-state index < -0.39 is 0 Å². The first kappa shape index (κ1) is 12.8. The van der Waals surface area contributed by atoms with E-state index in [-0.39, 0.29) is 0 Å². The Morgan fingerprint density at radius 3 is 2.80 bits per heavy atom. The Kier molecular flexibility index (Phi) is 6.85. The summed E-state index contributed by atoms with van der Waals surface area (Å²) in [7, 11) is 0. The summed E-state index contributed by atoms with van der Waals surface area (Å²) in [6.45, 7) is 10.0. The highest BCUT2D eigenvalue weighted by Crippen LogP contribution is 2.09. The number of hydrogen-bond donors (Lipinski definition) is 1. The van der Waals surface area contributed by atoms with E-state index in [1.165, 1.54) is 25.1 Å². The molecule has 0 aromatic carbocycles. The summed E-state index contributed by atoms with van der Waals surface area (Å²) in [5, 5.41) is 4.56. The predicted octanol–water partition coefficient (Wildman–Crippen LogP) is 1.80. The van der Waals surface area contributed by atoms with Gasteiger partial charge in [0.25, 0.3) is 0 Å². The molecular weight excluding hydrogens is 206 g/mol. The molecule has 3 nitrogen and oxygen atoms in total. The van der Waals surface area contributed by atoms with E-state index in [9.17, 15) is 0 Å². The van der Waals surface area contributed by atoms with E-state index in [0.29, 0.717) is 0 Å². The van der Waals surface area contributed by atoms with E-state index in [4.69, 9.17) is 0 Å². The van der Waals surface area contributed by atoms with Gasteiger partial charge in [0.2, 0.25) is 0 Å². The summed E-state index contributed by atoms with van der Waals surface area (Å²) < 4.78 is 0. The van der Waals surface area contributed by atoms with Gasteiger partial charge in [0.15, 0.2) is 5.17 Å². The maximum atomic E-state index is 4.44. The fourth-order valence-electron chi connectivity index (χ4n) is 1.60. The van der Waals surface area contributed by atoms with E-state index in [1.807, 2.05) is 11.8 Å². The van der Waals surface area contributed by atoms with Crippen molar-refractivity contribution in [1.82, 2.24) is 10.2 Å². The number of nitrogens with zero attached hydrogens (tertiary/aromatic N) is 2. The molecule has 1 N–H and O–H groups in total. The second-order valence-electron chi connectivity index (χ2n) is 3.70. The monoisotopic (exact) mass is 229 g/mol. The van der Waals surface area contributed by atoms with E-state index in [2.05, 4.69) is 29.1 Å². The minimum absolute atomic E-state index is 1.01. The molecule has 0 aromatic heterocycles. The zero-order valence-corrected chi connectivity index (χ0v) is 10.8. The molecule has 88 valence electrons. The molecule has 0 aliphatic carbocycles. The second kappa shape index (κ2) is 7.99. The smallest absolute Gasteiger partial charge is 0.156 e. The van der Waals surface area contributed by atoms with Crippen molar-refractivity contribution in [2.75, 3.05) is 38.5 Å². The molecular formula is C11H23N3S. The van der Waals surface area contributed by atoms with Gasteiger partial charge in [-0.1, -0.05) is 25.6 Å². The Morgan fingerprint density at radius 1 is 1.40 bits per heavy atom. The lowest BCUT2D eigenvalue weighted by molar-refractivity contribution is 0.300. The van der Waals surface area contributed by atoms with Gasteiger partial charge in [0.05, 0.1) is 0 Å².